The zero-order valence-electron chi connectivity index (χ0n) is 13.1. The number of nitro benzene ring substituents is 1. The third-order valence-corrected chi connectivity index (χ3v) is 4.72. The van der Waals surface area contributed by atoms with E-state index in [4.69, 9.17) is 11.6 Å². The van der Waals surface area contributed by atoms with Gasteiger partial charge in [-0.05, 0) is 30.3 Å². The van der Waals surface area contributed by atoms with Crippen LogP contribution in [0.15, 0.2) is 48.7 Å². The number of benzene rings is 1. The van der Waals surface area contributed by atoms with Crippen molar-refractivity contribution in [3.8, 4) is 5.69 Å². The van der Waals surface area contributed by atoms with Gasteiger partial charge in [0.15, 0.2) is 5.69 Å². The topological polar surface area (TPSA) is 81.3 Å². The summed E-state index contributed by atoms with van der Waals surface area (Å²) in [6.07, 6.45) is 1.64. The van der Waals surface area contributed by atoms with E-state index >= 15 is 0 Å². The first-order chi connectivity index (χ1) is 11.9. The lowest BCUT2D eigenvalue weighted by atomic mass is 10.3. The van der Waals surface area contributed by atoms with Crippen molar-refractivity contribution >= 4 is 34.5 Å². The molecule has 0 aliphatic carbocycles. The molecule has 0 N–H and O–H groups in total. The quantitative estimate of drug-likeness (QED) is 0.501. The average Bonchev–Trinajstić information content (AvgIpc) is 3.23. The number of thiophene rings is 1. The van der Waals surface area contributed by atoms with Gasteiger partial charge in [0.1, 0.15) is 0 Å². The van der Waals surface area contributed by atoms with Crippen molar-refractivity contribution in [1.82, 2.24) is 14.7 Å². The molecule has 2 aromatic heterocycles. The Hall–Kier alpha value is -2.71. The summed E-state index contributed by atoms with van der Waals surface area (Å²) in [5.41, 5.74) is 0.933. The molecule has 1 amide bonds. The smallest absolute Gasteiger partial charge is 0.274 e. The van der Waals surface area contributed by atoms with Crippen molar-refractivity contribution in [1.29, 1.82) is 0 Å². The molecule has 0 aliphatic rings. The molecule has 0 saturated heterocycles. The zero-order chi connectivity index (χ0) is 18.0. The summed E-state index contributed by atoms with van der Waals surface area (Å²) in [6.45, 7) is 0.445. The second-order valence-corrected chi connectivity index (χ2v) is 7.09. The van der Waals surface area contributed by atoms with Crippen LogP contribution in [-0.4, -0.2) is 32.6 Å². The van der Waals surface area contributed by atoms with Crippen LogP contribution in [0, 0.1) is 10.1 Å². The highest BCUT2D eigenvalue weighted by Gasteiger charge is 2.16. The summed E-state index contributed by atoms with van der Waals surface area (Å²) in [7, 11) is 1.70. The molecule has 0 radical (unpaired) electrons. The van der Waals surface area contributed by atoms with Gasteiger partial charge in [0, 0.05) is 30.3 Å². The van der Waals surface area contributed by atoms with E-state index in [9.17, 15) is 14.9 Å². The van der Waals surface area contributed by atoms with Gasteiger partial charge >= 0.3 is 0 Å². The number of nitrogens with zero attached hydrogens (tertiary/aromatic N) is 4. The second kappa shape index (κ2) is 7.04. The minimum atomic E-state index is -0.465. The SMILES string of the molecule is CN(Cc1ccc(Cl)s1)C(=O)c1ccn(-c2ccc([N+](=O)[O-])cc2)n1. The Morgan fingerprint density at radius 1 is 1.28 bits per heavy atom. The summed E-state index contributed by atoms with van der Waals surface area (Å²) in [5, 5.41) is 14.9. The molecule has 0 fully saturated rings. The lowest BCUT2D eigenvalue weighted by Crippen LogP contribution is -2.26. The van der Waals surface area contributed by atoms with E-state index in [1.165, 1.54) is 28.2 Å². The van der Waals surface area contributed by atoms with Gasteiger partial charge in [-0.25, -0.2) is 4.68 Å². The predicted octanol–water partition coefficient (Wildman–Crippen LogP) is 3.77. The van der Waals surface area contributed by atoms with Crippen LogP contribution in [0.4, 0.5) is 5.69 Å². The Morgan fingerprint density at radius 3 is 2.60 bits per heavy atom. The van der Waals surface area contributed by atoms with Gasteiger partial charge in [-0.3, -0.25) is 14.9 Å². The van der Waals surface area contributed by atoms with Gasteiger partial charge in [0.05, 0.1) is 21.5 Å². The zero-order valence-corrected chi connectivity index (χ0v) is 14.7. The number of halogens is 1. The maximum absolute atomic E-state index is 12.5. The molecule has 3 aromatic rings. The number of rotatable bonds is 5. The van der Waals surface area contributed by atoms with E-state index < -0.39 is 4.92 Å². The molecule has 0 spiro atoms. The molecule has 3 rings (SSSR count). The molecular weight excluding hydrogens is 364 g/mol. The van der Waals surface area contributed by atoms with Crippen molar-refractivity contribution in [2.24, 2.45) is 0 Å². The Balaban J connectivity index is 1.73. The van der Waals surface area contributed by atoms with E-state index in [2.05, 4.69) is 5.10 Å². The third kappa shape index (κ3) is 3.86. The van der Waals surface area contributed by atoms with Crippen molar-refractivity contribution in [2.75, 3.05) is 7.05 Å². The highest BCUT2D eigenvalue weighted by molar-refractivity contribution is 7.16. The van der Waals surface area contributed by atoms with Crippen LogP contribution in [0.25, 0.3) is 5.69 Å². The van der Waals surface area contributed by atoms with Gasteiger partial charge < -0.3 is 4.90 Å². The van der Waals surface area contributed by atoms with Crippen molar-refractivity contribution in [2.45, 2.75) is 6.54 Å². The first kappa shape index (κ1) is 17.1. The number of carbonyl (C=O) groups excluding carboxylic acids is 1. The van der Waals surface area contributed by atoms with E-state index in [1.807, 2.05) is 6.07 Å². The minimum absolute atomic E-state index is 0.00143. The van der Waals surface area contributed by atoms with Crippen LogP contribution >= 0.6 is 22.9 Å². The van der Waals surface area contributed by atoms with Crippen LogP contribution < -0.4 is 0 Å². The molecule has 0 bridgehead atoms. The summed E-state index contributed by atoms with van der Waals surface area (Å²) in [6, 6.07) is 11.2. The molecule has 7 nitrogen and oxygen atoms in total. The van der Waals surface area contributed by atoms with Crippen LogP contribution in [0.3, 0.4) is 0 Å². The molecule has 128 valence electrons. The monoisotopic (exact) mass is 376 g/mol. The largest absolute Gasteiger partial charge is 0.335 e. The maximum atomic E-state index is 12.5. The highest BCUT2D eigenvalue weighted by Crippen LogP contribution is 2.23. The lowest BCUT2D eigenvalue weighted by Gasteiger charge is -2.14. The van der Waals surface area contributed by atoms with Crippen LogP contribution in [0.2, 0.25) is 4.34 Å². The first-order valence-electron chi connectivity index (χ1n) is 7.24. The Labute approximate surface area is 152 Å². The number of carbonyl (C=O) groups is 1. The number of nitro groups is 1. The van der Waals surface area contributed by atoms with E-state index in [0.29, 0.717) is 22.3 Å². The molecule has 0 unspecified atom stereocenters. The molecule has 25 heavy (non-hydrogen) atoms. The second-order valence-electron chi connectivity index (χ2n) is 5.29. The Morgan fingerprint density at radius 2 is 2.00 bits per heavy atom. The van der Waals surface area contributed by atoms with E-state index in [1.54, 1.807) is 42.4 Å². The molecule has 0 aliphatic heterocycles. The fourth-order valence-electron chi connectivity index (χ4n) is 2.25. The molecule has 0 saturated carbocycles. The maximum Gasteiger partial charge on any atom is 0.274 e. The van der Waals surface area contributed by atoms with Crippen LogP contribution in [0.1, 0.15) is 15.4 Å². The Bertz CT molecular complexity index is 920. The number of hydrogen-bond donors (Lipinski definition) is 0. The van der Waals surface area contributed by atoms with Crippen molar-refractivity contribution in [3.05, 3.63) is 73.7 Å². The third-order valence-electron chi connectivity index (χ3n) is 3.50. The summed E-state index contributed by atoms with van der Waals surface area (Å²) in [5.74, 6) is -0.217. The van der Waals surface area contributed by atoms with Crippen LogP contribution in [-0.2, 0) is 6.54 Å². The van der Waals surface area contributed by atoms with Gasteiger partial charge in [-0.2, -0.15) is 5.10 Å². The fraction of sp³-hybridized carbons (Fsp3) is 0.125. The van der Waals surface area contributed by atoms with Gasteiger partial charge in [0.2, 0.25) is 0 Å². The van der Waals surface area contributed by atoms with Crippen molar-refractivity contribution in [3.63, 3.8) is 0 Å². The molecular formula is C16H13ClN4O3S. The predicted molar refractivity (Wildman–Crippen MR) is 95.3 cm³/mol. The number of non-ortho nitro benzene ring substituents is 1. The highest BCUT2D eigenvalue weighted by atomic mass is 35.5. The standard InChI is InChI=1S/C16H13ClN4O3S/c1-19(10-13-6-7-15(17)25-13)16(22)14-8-9-20(18-14)11-2-4-12(5-3-11)21(23)24/h2-9H,10H2,1H3. The minimum Gasteiger partial charge on any atom is -0.335 e. The normalized spacial score (nSPS) is 10.6. The summed E-state index contributed by atoms with van der Waals surface area (Å²) >= 11 is 7.32. The molecule has 1 aromatic carbocycles. The molecule has 9 heteroatoms. The fourth-order valence-corrected chi connectivity index (χ4v) is 3.39. The van der Waals surface area contributed by atoms with Gasteiger partial charge in [-0.15, -0.1) is 11.3 Å². The Kier molecular flexibility index (Phi) is 4.82. The van der Waals surface area contributed by atoms with E-state index in [0.717, 1.165) is 4.88 Å². The van der Waals surface area contributed by atoms with Crippen LogP contribution in [0.5, 0.6) is 0 Å². The van der Waals surface area contributed by atoms with Gasteiger partial charge in [-0.1, -0.05) is 11.6 Å². The number of hydrogen-bond acceptors (Lipinski definition) is 5. The van der Waals surface area contributed by atoms with Gasteiger partial charge in [0.25, 0.3) is 11.6 Å². The number of aromatic nitrogens is 2. The molecule has 0 atom stereocenters. The first-order valence-corrected chi connectivity index (χ1v) is 8.43. The summed E-state index contributed by atoms with van der Waals surface area (Å²) in [4.78, 5) is 25.2. The lowest BCUT2D eigenvalue weighted by molar-refractivity contribution is -0.384. The van der Waals surface area contributed by atoms with E-state index in [-0.39, 0.29) is 11.6 Å². The molecule has 2 heterocycles. The average molecular weight is 377 g/mol. The number of amides is 1. The summed E-state index contributed by atoms with van der Waals surface area (Å²) < 4.78 is 2.19. The van der Waals surface area contributed by atoms with Crippen molar-refractivity contribution < 1.29 is 9.72 Å².